The van der Waals surface area contributed by atoms with E-state index in [1.807, 2.05) is 6.07 Å². The molecule has 5 heteroatoms. The van der Waals surface area contributed by atoms with Crippen LogP contribution in [0.3, 0.4) is 0 Å². The van der Waals surface area contributed by atoms with Gasteiger partial charge in [-0.2, -0.15) is 0 Å². The Morgan fingerprint density at radius 3 is 2.68 bits per heavy atom. The third-order valence-corrected chi connectivity index (χ3v) is 4.13. The summed E-state index contributed by atoms with van der Waals surface area (Å²) in [5.74, 6) is 0.635. The topological polar surface area (TPSA) is 41.1 Å². The lowest BCUT2D eigenvalue weighted by Crippen LogP contribution is -2.36. The predicted octanol–water partition coefficient (Wildman–Crippen LogP) is 2.65. The van der Waals surface area contributed by atoms with Crippen molar-refractivity contribution < 1.29 is 4.79 Å². The molecule has 104 valence electrons. The van der Waals surface area contributed by atoms with E-state index in [2.05, 4.69) is 10.6 Å². The van der Waals surface area contributed by atoms with Crippen LogP contribution in [0.15, 0.2) is 18.2 Å². The highest BCUT2D eigenvalue weighted by Crippen LogP contribution is 2.22. The van der Waals surface area contributed by atoms with Crippen molar-refractivity contribution in [3.63, 3.8) is 0 Å². The number of benzene rings is 1. The Balaban J connectivity index is 1.78. The minimum Gasteiger partial charge on any atom is -0.356 e. The van der Waals surface area contributed by atoms with Gasteiger partial charge >= 0.3 is 0 Å². The molecule has 1 fully saturated rings. The maximum Gasteiger partial charge on any atom is 0.224 e. The zero-order chi connectivity index (χ0) is 13.7. The maximum absolute atomic E-state index is 11.8. The van der Waals surface area contributed by atoms with Gasteiger partial charge in [-0.15, -0.1) is 0 Å². The maximum atomic E-state index is 11.8. The van der Waals surface area contributed by atoms with Crippen molar-refractivity contribution >= 4 is 29.1 Å². The largest absolute Gasteiger partial charge is 0.356 e. The first-order valence-electron chi connectivity index (χ1n) is 6.56. The second-order valence-corrected chi connectivity index (χ2v) is 5.74. The molecular weight excluding hydrogens is 283 g/mol. The number of amides is 1. The Bertz CT molecular complexity index is 445. The number of hydrogen-bond donors (Lipinski definition) is 2. The normalized spacial score (nSPS) is 16.3. The van der Waals surface area contributed by atoms with E-state index < -0.39 is 0 Å². The van der Waals surface area contributed by atoms with E-state index in [9.17, 15) is 4.79 Å². The number of carbonyl (C=O) groups excluding carboxylic acids is 1. The van der Waals surface area contributed by atoms with E-state index in [4.69, 9.17) is 23.2 Å². The summed E-state index contributed by atoms with van der Waals surface area (Å²) in [6.45, 7) is 2.86. The van der Waals surface area contributed by atoms with Gasteiger partial charge in [0.25, 0.3) is 0 Å². The number of carbonyl (C=O) groups is 1. The molecule has 0 unspecified atom stereocenters. The quantitative estimate of drug-likeness (QED) is 0.897. The molecule has 0 bridgehead atoms. The third kappa shape index (κ3) is 4.68. The summed E-state index contributed by atoms with van der Waals surface area (Å²) in [5, 5.41) is 7.31. The Labute approximate surface area is 123 Å². The summed E-state index contributed by atoms with van der Waals surface area (Å²) in [7, 11) is 0. The van der Waals surface area contributed by atoms with Crippen molar-refractivity contribution in [3.05, 3.63) is 33.8 Å². The van der Waals surface area contributed by atoms with Crippen LogP contribution in [0.4, 0.5) is 0 Å². The van der Waals surface area contributed by atoms with Crippen LogP contribution < -0.4 is 10.6 Å². The van der Waals surface area contributed by atoms with Crippen LogP contribution in [-0.2, 0) is 11.2 Å². The Morgan fingerprint density at radius 2 is 2.00 bits per heavy atom. The van der Waals surface area contributed by atoms with Gasteiger partial charge in [0.1, 0.15) is 0 Å². The van der Waals surface area contributed by atoms with E-state index in [1.54, 1.807) is 12.1 Å². The van der Waals surface area contributed by atoms with E-state index in [0.29, 0.717) is 22.4 Å². The van der Waals surface area contributed by atoms with Gasteiger partial charge in [0.05, 0.1) is 16.5 Å². The first kappa shape index (κ1) is 14.6. The van der Waals surface area contributed by atoms with Gasteiger partial charge in [0, 0.05) is 6.54 Å². The Kier molecular flexibility index (Phi) is 5.49. The first-order valence-corrected chi connectivity index (χ1v) is 7.32. The summed E-state index contributed by atoms with van der Waals surface area (Å²) in [5.41, 5.74) is 0.886. The summed E-state index contributed by atoms with van der Waals surface area (Å²) in [6, 6.07) is 5.30. The summed E-state index contributed by atoms with van der Waals surface area (Å²) in [6.07, 6.45) is 2.61. The zero-order valence-corrected chi connectivity index (χ0v) is 12.2. The van der Waals surface area contributed by atoms with Crippen molar-refractivity contribution in [2.24, 2.45) is 5.92 Å². The number of nitrogens with one attached hydrogen (secondary N) is 2. The lowest BCUT2D eigenvalue weighted by atomic mass is 9.98. The highest BCUT2D eigenvalue weighted by Gasteiger charge is 2.14. The zero-order valence-electron chi connectivity index (χ0n) is 10.7. The minimum absolute atomic E-state index is 0.0388. The summed E-state index contributed by atoms with van der Waals surface area (Å²) in [4.78, 5) is 11.8. The number of hydrogen-bond acceptors (Lipinski definition) is 2. The van der Waals surface area contributed by atoms with Crippen molar-refractivity contribution in [3.8, 4) is 0 Å². The van der Waals surface area contributed by atoms with Crippen LogP contribution in [0, 0.1) is 5.92 Å². The molecule has 2 rings (SSSR count). The molecule has 1 aliphatic rings. The monoisotopic (exact) mass is 300 g/mol. The lowest BCUT2D eigenvalue weighted by Gasteiger charge is -2.22. The molecule has 19 heavy (non-hydrogen) atoms. The van der Waals surface area contributed by atoms with Crippen molar-refractivity contribution in [2.45, 2.75) is 19.3 Å². The molecule has 2 N–H and O–H groups in total. The molecule has 1 heterocycles. The average Bonchev–Trinajstić information content (AvgIpc) is 2.42. The fraction of sp³-hybridized carbons (Fsp3) is 0.500. The van der Waals surface area contributed by atoms with Crippen LogP contribution in [0.25, 0.3) is 0 Å². The lowest BCUT2D eigenvalue weighted by molar-refractivity contribution is -0.120. The standard InChI is InChI=1S/C14H18Cl2N2O/c15-12-2-1-11(7-13(12)16)8-14(19)18-9-10-3-5-17-6-4-10/h1-2,7,10,17H,3-6,8-9H2,(H,18,19). The first-order chi connectivity index (χ1) is 9.15. The van der Waals surface area contributed by atoms with Gasteiger partial charge < -0.3 is 10.6 Å². The Hall–Kier alpha value is -0.770. The smallest absolute Gasteiger partial charge is 0.224 e. The van der Waals surface area contributed by atoms with Gasteiger partial charge in [-0.25, -0.2) is 0 Å². The molecule has 0 saturated carbocycles. The molecule has 3 nitrogen and oxygen atoms in total. The molecule has 1 aromatic rings. The molecule has 0 aliphatic carbocycles. The van der Waals surface area contributed by atoms with Crippen molar-refractivity contribution in [1.29, 1.82) is 0 Å². The SMILES string of the molecule is O=C(Cc1ccc(Cl)c(Cl)c1)NCC1CCNCC1. The molecule has 1 saturated heterocycles. The molecule has 0 radical (unpaired) electrons. The summed E-state index contributed by atoms with van der Waals surface area (Å²) < 4.78 is 0. The second kappa shape index (κ2) is 7.13. The average molecular weight is 301 g/mol. The van der Waals surface area contributed by atoms with Crippen LogP contribution in [0.5, 0.6) is 0 Å². The van der Waals surface area contributed by atoms with Gasteiger partial charge in [-0.05, 0) is 49.5 Å². The van der Waals surface area contributed by atoms with Crippen molar-refractivity contribution in [2.75, 3.05) is 19.6 Å². The highest BCUT2D eigenvalue weighted by atomic mass is 35.5. The summed E-state index contributed by atoms with van der Waals surface area (Å²) >= 11 is 11.8. The number of halogens is 2. The van der Waals surface area contributed by atoms with Crippen LogP contribution in [0.2, 0.25) is 10.0 Å². The fourth-order valence-electron chi connectivity index (χ4n) is 2.24. The van der Waals surface area contributed by atoms with Gasteiger partial charge in [-0.3, -0.25) is 4.79 Å². The number of piperidine rings is 1. The molecule has 1 aliphatic heterocycles. The Morgan fingerprint density at radius 1 is 1.26 bits per heavy atom. The molecule has 1 amide bonds. The van der Waals surface area contributed by atoms with Crippen molar-refractivity contribution in [1.82, 2.24) is 10.6 Å². The van der Waals surface area contributed by atoms with Gasteiger partial charge in [0.2, 0.25) is 5.91 Å². The van der Waals surface area contributed by atoms with E-state index in [1.165, 1.54) is 0 Å². The second-order valence-electron chi connectivity index (χ2n) is 4.92. The molecular formula is C14H18Cl2N2O. The minimum atomic E-state index is 0.0388. The van der Waals surface area contributed by atoms with Gasteiger partial charge in [0.15, 0.2) is 0 Å². The van der Waals surface area contributed by atoms with Crippen LogP contribution in [0.1, 0.15) is 18.4 Å². The molecule has 1 aromatic carbocycles. The van der Waals surface area contributed by atoms with Crippen LogP contribution in [-0.4, -0.2) is 25.5 Å². The van der Waals surface area contributed by atoms with E-state index >= 15 is 0 Å². The molecule has 0 atom stereocenters. The van der Waals surface area contributed by atoms with Gasteiger partial charge in [-0.1, -0.05) is 29.3 Å². The molecule has 0 aromatic heterocycles. The van der Waals surface area contributed by atoms with E-state index in [0.717, 1.165) is 38.0 Å². The number of rotatable bonds is 4. The fourth-order valence-corrected chi connectivity index (χ4v) is 2.56. The molecule has 0 spiro atoms. The van der Waals surface area contributed by atoms with Crippen LogP contribution >= 0.6 is 23.2 Å². The van der Waals surface area contributed by atoms with E-state index in [-0.39, 0.29) is 5.91 Å². The predicted molar refractivity (Wildman–Crippen MR) is 78.8 cm³/mol. The highest BCUT2D eigenvalue weighted by molar-refractivity contribution is 6.42. The third-order valence-electron chi connectivity index (χ3n) is 3.40.